The number of benzene rings is 1. The Labute approximate surface area is 159 Å². The largest absolute Gasteiger partial charge is 0.490 e. The first-order valence-corrected chi connectivity index (χ1v) is 10.2. The Hall–Kier alpha value is -2.08. The maximum Gasteiger partial charge on any atom is 0.191 e. The van der Waals surface area contributed by atoms with Gasteiger partial charge in [-0.2, -0.15) is 0 Å². The lowest BCUT2D eigenvalue weighted by Gasteiger charge is -2.27. The van der Waals surface area contributed by atoms with Crippen LogP contribution in [0.4, 0.5) is 0 Å². The Bertz CT molecular complexity index is 724. The quantitative estimate of drug-likeness (QED) is 0.548. The first kappa shape index (κ1) is 18.7. The molecule has 26 heavy (non-hydrogen) atoms. The van der Waals surface area contributed by atoms with Crippen LogP contribution in [0.25, 0.3) is 0 Å². The molecule has 140 valence electrons. The maximum atomic E-state index is 6.10. The molecule has 0 bridgehead atoms. The molecule has 1 saturated carbocycles. The first-order valence-electron chi connectivity index (χ1n) is 9.42. The van der Waals surface area contributed by atoms with E-state index < -0.39 is 0 Å². The maximum absolute atomic E-state index is 6.10. The summed E-state index contributed by atoms with van der Waals surface area (Å²) in [7, 11) is 0. The average molecular weight is 373 g/mol. The Kier molecular flexibility index (Phi) is 6.89. The summed E-state index contributed by atoms with van der Waals surface area (Å²) in [4.78, 5) is 10.4. The third-order valence-electron chi connectivity index (χ3n) is 4.37. The molecule has 1 aliphatic carbocycles. The van der Waals surface area contributed by atoms with E-state index in [9.17, 15) is 0 Å². The predicted octanol–water partition coefficient (Wildman–Crippen LogP) is 3.68. The van der Waals surface area contributed by atoms with E-state index in [1.165, 1.54) is 11.3 Å². The summed E-state index contributed by atoms with van der Waals surface area (Å²) in [6.07, 6.45) is 6.82. The van der Waals surface area contributed by atoms with Crippen molar-refractivity contribution in [1.82, 2.24) is 15.6 Å². The van der Waals surface area contributed by atoms with Gasteiger partial charge < -0.3 is 15.4 Å². The summed E-state index contributed by atoms with van der Waals surface area (Å²) in [5, 5.41) is 7.86. The summed E-state index contributed by atoms with van der Waals surface area (Å²) < 4.78 is 6.10. The van der Waals surface area contributed by atoms with E-state index in [0.29, 0.717) is 12.6 Å². The van der Waals surface area contributed by atoms with Crippen molar-refractivity contribution >= 4 is 17.3 Å². The molecule has 0 radical (unpaired) electrons. The van der Waals surface area contributed by atoms with E-state index in [0.717, 1.165) is 54.6 Å². The molecule has 0 atom stereocenters. The van der Waals surface area contributed by atoms with Crippen molar-refractivity contribution in [3.8, 4) is 5.75 Å². The van der Waals surface area contributed by atoms with Crippen LogP contribution in [0, 0.1) is 6.92 Å². The number of ether oxygens (including phenoxy) is 1. The lowest BCUT2D eigenvalue weighted by Crippen LogP contribution is -2.38. The van der Waals surface area contributed by atoms with Gasteiger partial charge in [0.25, 0.3) is 0 Å². The minimum absolute atomic E-state index is 0.383. The number of nitrogens with one attached hydrogen (secondary N) is 2. The molecule has 1 aromatic carbocycles. The van der Waals surface area contributed by atoms with E-state index >= 15 is 0 Å². The topological polar surface area (TPSA) is 58.5 Å². The lowest BCUT2D eigenvalue weighted by molar-refractivity contribution is 0.119. The number of aryl methyl sites for hydroxylation is 1. The normalized spacial score (nSPS) is 14.8. The fourth-order valence-corrected chi connectivity index (χ4v) is 3.52. The van der Waals surface area contributed by atoms with E-state index in [4.69, 9.17) is 9.73 Å². The van der Waals surface area contributed by atoms with Crippen LogP contribution in [0.3, 0.4) is 0 Å². The van der Waals surface area contributed by atoms with Crippen LogP contribution in [0.5, 0.6) is 5.75 Å². The molecular formula is C20H28N4OS. The third kappa shape index (κ3) is 5.46. The van der Waals surface area contributed by atoms with Gasteiger partial charge in [0.1, 0.15) is 5.75 Å². The Morgan fingerprint density at radius 1 is 1.31 bits per heavy atom. The van der Waals surface area contributed by atoms with E-state index in [1.807, 2.05) is 24.4 Å². The molecule has 1 aromatic heterocycles. The number of nitrogens with zero attached hydrogens (tertiary/aromatic N) is 2. The monoisotopic (exact) mass is 372 g/mol. The van der Waals surface area contributed by atoms with Crippen molar-refractivity contribution in [3.05, 3.63) is 45.9 Å². The number of hydrogen-bond donors (Lipinski definition) is 2. The van der Waals surface area contributed by atoms with Crippen LogP contribution in [0.15, 0.2) is 35.5 Å². The van der Waals surface area contributed by atoms with Gasteiger partial charge in [-0.05, 0) is 39.2 Å². The third-order valence-corrected chi connectivity index (χ3v) is 5.34. The molecule has 6 heteroatoms. The molecule has 1 heterocycles. The van der Waals surface area contributed by atoms with Gasteiger partial charge in [0, 0.05) is 36.1 Å². The fraction of sp³-hybridized carbons (Fsp3) is 0.500. The number of hydrogen-bond acceptors (Lipinski definition) is 4. The van der Waals surface area contributed by atoms with Crippen LogP contribution in [0.1, 0.15) is 41.6 Å². The number of rotatable bonds is 8. The zero-order chi connectivity index (χ0) is 18.2. The summed E-state index contributed by atoms with van der Waals surface area (Å²) >= 11 is 1.75. The molecule has 1 fully saturated rings. The van der Waals surface area contributed by atoms with Gasteiger partial charge in [-0.25, -0.2) is 9.98 Å². The molecule has 5 nitrogen and oxygen atoms in total. The molecule has 2 aromatic rings. The highest BCUT2D eigenvalue weighted by Crippen LogP contribution is 2.27. The lowest BCUT2D eigenvalue weighted by atomic mass is 9.96. The molecule has 1 aliphatic rings. The van der Waals surface area contributed by atoms with Crippen LogP contribution < -0.4 is 15.4 Å². The second-order valence-electron chi connectivity index (χ2n) is 6.52. The second-order valence-corrected chi connectivity index (χ2v) is 7.83. The van der Waals surface area contributed by atoms with Crippen LogP contribution in [-0.2, 0) is 13.0 Å². The number of aliphatic imine (C=N–C) groups is 1. The van der Waals surface area contributed by atoms with E-state index in [2.05, 4.69) is 35.5 Å². The Morgan fingerprint density at radius 3 is 2.85 bits per heavy atom. The Morgan fingerprint density at radius 2 is 2.15 bits per heavy atom. The van der Waals surface area contributed by atoms with E-state index in [1.54, 1.807) is 11.3 Å². The van der Waals surface area contributed by atoms with Gasteiger partial charge in [0.05, 0.1) is 17.7 Å². The predicted molar refractivity (Wildman–Crippen MR) is 108 cm³/mol. The molecule has 2 N–H and O–H groups in total. The summed E-state index contributed by atoms with van der Waals surface area (Å²) in [6, 6.07) is 8.22. The zero-order valence-corrected chi connectivity index (χ0v) is 16.4. The van der Waals surface area contributed by atoms with Gasteiger partial charge >= 0.3 is 0 Å². The molecule has 0 spiro atoms. The number of guanidine groups is 1. The van der Waals surface area contributed by atoms with E-state index in [-0.39, 0.29) is 0 Å². The summed E-state index contributed by atoms with van der Waals surface area (Å²) in [6.45, 7) is 6.42. The molecule has 0 unspecified atom stereocenters. The van der Waals surface area contributed by atoms with Gasteiger partial charge in [0.15, 0.2) is 5.96 Å². The van der Waals surface area contributed by atoms with Gasteiger partial charge in [0.2, 0.25) is 0 Å². The standard InChI is InChI=1S/C20H28N4OS/c1-3-21-20(22-12-11-19-23-13-15(2)26-19)24-14-16-7-4-5-10-18(16)25-17-8-6-9-17/h4-5,7,10,13,17H,3,6,8-9,11-12,14H2,1-2H3,(H2,21,22,24). The summed E-state index contributed by atoms with van der Waals surface area (Å²) in [5.74, 6) is 1.80. The zero-order valence-electron chi connectivity index (χ0n) is 15.6. The number of para-hydroxylation sites is 1. The molecule has 0 amide bonds. The second kappa shape index (κ2) is 9.57. The highest BCUT2D eigenvalue weighted by Gasteiger charge is 2.20. The Balaban J connectivity index is 1.56. The number of aromatic nitrogens is 1. The van der Waals surface area contributed by atoms with Crippen LogP contribution >= 0.6 is 11.3 Å². The highest BCUT2D eigenvalue weighted by atomic mass is 32.1. The van der Waals surface area contributed by atoms with Crippen molar-refractivity contribution in [2.45, 2.75) is 52.2 Å². The molecule has 3 rings (SSSR count). The van der Waals surface area contributed by atoms with Crippen molar-refractivity contribution in [2.24, 2.45) is 4.99 Å². The minimum Gasteiger partial charge on any atom is -0.490 e. The van der Waals surface area contributed by atoms with Crippen LogP contribution in [0.2, 0.25) is 0 Å². The van der Waals surface area contributed by atoms with Crippen molar-refractivity contribution in [2.75, 3.05) is 13.1 Å². The SMILES string of the molecule is CCNC(=NCc1ccccc1OC1CCC1)NCCc1ncc(C)s1. The van der Waals surface area contributed by atoms with Crippen molar-refractivity contribution in [1.29, 1.82) is 0 Å². The highest BCUT2D eigenvalue weighted by molar-refractivity contribution is 7.11. The molecule has 0 saturated heterocycles. The smallest absolute Gasteiger partial charge is 0.191 e. The summed E-state index contributed by atoms with van der Waals surface area (Å²) in [5.41, 5.74) is 1.13. The fourth-order valence-electron chi connectivity index (χ4n) is 2.73. The molecule has 0 aliphatic heterocycles. The first-order chi connectivity index (χ1) is 12.7. The van der Waals surface area contributed by atoms with Crippen molar-refractivity contribution < 1.29 is 4.74 Å². The average Bonchev–Trinajstić information content (AvgIpc) is 3.02. The van der Waals surface area contributed by atoms with Gasteiger partial charge in [-0.15, -0.1) is 11.3 Å². The van der Waals surface area contributed by atoms with Gasteiger partial charge in [-0.1, -0.05) is 18.2 Å². The van der Waals surface area contributed by atoms with Gasteiger partial charge in [-0.3, -0.25) is 0 Å². The number of thiazole rings is 1. The van der Waals surface area contributed by atoms with Crippen LogP contribution in [-0.4, -0.2) is 30.1 Å². The minimum atomic E-state index is 0.383. The van der Waals surface area contributed by atoms with Crippen molar-refractivity contribution in [3.63, 3.8) is 0 Å². The molecular weight excluding hydrogens is 344 g/mol.